The molecule has 2 aromatic heterocycles. The number of rotatable bonds is 5. The molecule has 0 radical (unpaired) electrons. The minimum Gasteiger partial charge on any atom is -0.288 e. The van der Waals surface area contributed by atoms with Gasteiger partial charge in [0, 0.05) is 17.6 Å². The molecule has 4 heteroatoms. The zero-order valence-corrected chi connectivity index (χ0v) is 11.0. The molecule has 0 saturated heterocycles. The van der Waals surface area contributed by atoms with Crippen LogP contribution < -0.4 is 0 Å². The first kappa shape index (κ1) is 12.0. The second kappa shape index (κ2) is 5.27. The van der Waals surface area contributed by atoms with Crippen molar-refractivity contribution < 1.29 is 4.79 Å². The van der Waals surface area contributed by atoms with Crippen molar-refractivity contribution in [3.63, 3.8) is 0 Å². The van der Waals surface area contributed by atoms with Gasteiger partial charge in [0.1, 0.15) is 0 Å². The van der Waals surface area contributed by atoms with E-state index < -0.39 is 0 Å². The fraction of sp³-hybridized carbons (Fsp3) is 0.385. The summed E-state index contributed by atoms with van der Waals surface area (Å²) in [6.45, 7) is 5.05. The van der Waals surface area contributed by atoms with Crippen LogP contribution in [-0.2, 0) is 13.0 Å². The van der Waals surface area contributed by atoms with Crippen LogP contribution in [0.5, 0.6) is 0 Å². The number of hydrogen-bond acceptors (Lipinski definition) is 3. The molecule has 0 aliphatic rings. The summed E-state index contributed by atoms with van der Waals surface area (Å²) in [4.78, 5) is 14.2. The van der Waals surface area contributed by atoms with Crippen molar-refractivity contribution >= 4 is 17.1 Å². The molecule has 3 nitrogen and oxygen atoms in total. The molecule has 0 aliphatic carbocycles. The molecule has 90 valence electrons. The van der Waals surface area contributed by atoms with Gasteiger partial charge < -0.3 is 0 Å². The van der Waals surface area contributed by atoms with Crippen molar-refractivity contribution in [1.29, 1.82) is 0 Å². The molecule has 17 heavy (non-hydrogen) atoms. The number of carbonyl (C=O) groups is 1. The molecule has 0 amide bonds. The lowest BCUT2D eigenvalue weighted by atomic mass is 10.2. The van der Waals surface area contributed by atoms with E-state index in [1.807, 2.05) is 23.0 Å². The Labute approximate surface area is 105 Å². The van der Waals surface area contributed by atoms with Gasteiger partial charge in [-0.1, -0.05) is 13.8 Å². The lowest BCUT2D eigenvalue weighted by Crippen LogP contribution is -1.98. The summed E-state index contributed by atoms with van der Waals surface area (Å²) in [5, 5.41) is 4.18. The third-order valence-electron chi connectivity index (χ3n) is 2.58. The average Bonchev–Trinajstić information content (AvgIpc) is 2.97. The summed E-state index contributed by atoms with van der Waals surface area (Å²) < 4.78 is 1.82. The topological polar surface area (TPSA) is 34.9 Å². The lowest BCUT2D eigenvalue weighted by Gasteiger charge is -1.95. The van der Waals surface area contributed by atoms with Gasteiger partial charge in [0.05, 0.1) is 16.6 Å². The van der Waals surface area contributed by atoms with Crippen molar-refractivity contribution in [3.05, 3.63) is 39.8 Å². The Hall–Kier alpha value is -1.42. The largest absolute Gasteiger partial charge is 0.288 e. The van der Waals surface area contributed by atoms with Crippen LogP contribution in [0.3, 0.4) is 0 Å². The Morgan fingerprint density at radius 3 is 2.88 bits per heavy atom. The second-order valence-corrected chi connectivity index (χ2v) is 5.11. The summed E-state index contributed by atoms with van der Waals surface area (Å²) >= 11 is 1.57. The van der Waals surface area contributed by atoms with Gasteiger partial charge in [-0.05, 0) is 25.0 Å². The van der Waals surface area contributed by atoms with Gasteiger partial charge in [-0.25, -0.2) is 0 Å². The standard InChI is InChI=1S/C13H16N2OS/c1-3-7-15-9-10(8-14-15)13(16)12-6-5-11(4-2)17-12/h5-6,8-9H,3-4,7H2,1-2H3. The van der Waals surface area contributed by atoms with Crippen molar-refractivity contribution in [2.45, 2.75) is 33.2 Å². The Kier molecular flexibility index (Phi) is 3.74. The van der Waals surface area contributed by atoms with Crippen molar-refractivity contribution in [2.24, 2.45) is 0 Å². The predicted octanol–water partition coefficient (Wildman–Crippen LogP) is 3.15. The molecule has 0 N–H and O–H groups in total. The van der Waals surface area contributed by atoms with Gasteiger partial charge in [-0.15, -0.1) is 11.3 Å². The van der Waals surface area contributed by atoms with Gasteiger partial charge >= 0.3 is 0 Å². The number of aromatic nitrogens is 2. The first-order valence-electron chi connectivity index (χ1n) is 5.90. The predicted molar refractivity (Wildman–Crippen MR) is 69.6 cm³/mol. The number of ketones is 1. The lowest BCUT2D eigenvalue weighted by molar-refractivity contribution is 0.104. The number of hydrogen-bond donors (Lipinski definition) is 0. The van der Waals surface area contributed by atoms with E-state index in [0.717, 1.165) is 24.3 Å². The van der Waals surface area contributed by atoms with E-state index in [0.29, 0.717) is 5.56 Å². The number of aryl methyl sites for hydroxylation is 2. The number of thiophene rings is 1. The molecule has 2 heterocycles. The van der Waals surface area contributed by atoms with E-state index in [9.17, 15) is 4.79 Å². The second-order valence-electron chi connectivity index (χ2n) is 3.94. The molecule has 0 aliphatic heterocycles. The van der Waals surface area contributed by atoms with Crippen molar-refractivity contribution in [3.8, 4) is 0 Å². The molecule has 0 aromatic carbocycles. The van der Waals surface area contributed by atoms with Crippen LogP contribution in [0.2, 0.25) is 0 Å². The van der Waals surface area contributed by atoms with E-state index in [1.54, 1.807) is 17.5 Å². The highest BCUT2D eigenvalue weighted by molar-refractivity contribution is 7.14. The van der Waals surface area contributed by atoms with Crippen LogP contribution in [0.4, 0.5) is 0 Å². The Morgan fingerprint density at radius 2 is 2.24 bits per heavy atom. The molecule has 2 aromatic rings. The fourth-order valence-electron chi connectivity index (χ4n) is 1.66. The quantitative estimate of drug-likeness (QED) is 0.762. The third-order valence-corrected chi connectivity index (χ3v) is 3.81. The van der Waals surface area contributed by atoms with Crippen LogP contribution in [0.1, 0.15) is 40.4 Å². The Balaban J connectivity index is 2.18. The highest BCUT2D eigenvalue weighted by Gasteiger charge is 2.13. The molecule has 0 bridgehead atoms. The van der Waals surface area contributed by atoms with Crippen LogP contribution >= 0.6 is 11.3 Å². The summed E-state index contributed by atoms with van der Waals surface area (Å²) in [6.07, 6.45) is 5.49. The summed E-state index contributed by atoms with van der Waals surface area (Å²) in [6, 6.07) is 3.93. The van der Waals surface area contributed by atoms with Gasteiger partial charge in [0.25, 0.3) is 0 Å². The third kappa shape index (κ3) is 2.64. The molecule has 0 saturated carbocycles. The molecular formula is C13H16N2OS. The number of carbonyl (C=O) groups excluding carboxylic acids is 1. The van der Waals surface area contributed by atoms with Crippen LogP contribution in [0, 0.1) is 0 Å². The van der Waals surface area contributed by atoms with Crippen LogP contribution in [0.15, 0.2) is 24.5 Å². The zero-order chi connectivity index (χ0) is 12.3. The van der Waals surface area contributed by atoms with Crippen molar-refractivity contribution in [1.82, 2.24) is 9.78 Å². The van der Waals surface area contributed by atoms with E-state index in [-0.39, 0.29) is 5.78 Å². The highest BCUT2D eigenvalue weighted by Crippen LogP contribution is 2.20. The molecule has 2 rings (SSSR count). The monoisotopic (exact) mass is 248 g/mol. The molecule has 0 spiro atoms. The highest BCUT2D eigenvalue weighted by atomic mass is 32.1. The minimum atomic E-state index is 0.0806. The van der Waals surface area contributed by atoms with Crippen LogP contribution in [0.25, 0.3) is 0 Å². The maximum Gasteiger partial charge on any atom is 0.206 e. The molecule has 0 fully saturated rings. The van der Waals surface area contributed by atoms with E-state index in [1.165, 1.54) is 4.88 Å². The molecular weight excluding hydrogens is 232 g/mol. The SMILES string of the molecule is CCCn1cc(C(=O)c2ccc(CC)s2)cn1. The average molecular weight is 248 g/mol. The van der Waals surface area contributed by atoms with E-state index in [2.05, 4.69) is 18.9 Å². The van der Waals surface area contributed by atoms with Gasteiger partial charge in [0.15, 0.2) is 0 Å². The molecule has 0 unspecified atom stereocenters. The maximum absolute atomic E-state index is 12.2. The molecule has 0 atom stereocenters. The van der Waals surface area contributed by atoms with Gasteiger partial charge in [-0.3, -0.25) is 9.48 Å². The fourth-order valence-corrected chi connectivity index (χ4v) is 2.57. The first-order valence-corrected chi connectivity index (χ1v) is 6.72. The maximum atomic E-state index is 12.2. The van der Waals surface area contributed by atoms with Gasteiger partial charge in [-0.2, -0.15) is 5.10 Å². The smallest absolute Gasteiger partial charge is 0.206 e. The first-order chi connectivity index (χ1) is 8.24. The Bertz CT molecular complexity index is 513. The van der Waals surface area contributed by atoms with E-state index in [4.69, 9.17) is 0 Å². The zero-order valence-electron chi connectivity index (χ0n) is 10.1. The Morgan fingerprint density at radius 1 is 1.41 bits per heavy atom. The number of nitrogens with zero attached hydrogens (tertiary/aromatic N) is 2. The van der Waals surface area contributed by atoms with Gasteiger partial charge in [0.2, 0.25) is 5.78 Å². The van der Waals surface area contributed by atoms with E-state index >= 15 is 0 Å². The normalized spacial score (nSPS) is 10.7. The summed E-state index contributed by atoms with van der Waals surface area (Å²) in [7, 11) is 0. The summed E-state index contributed by atoms with van der Waals surface area (Å²) in [5.74, 6) is 0.0806. The van der Waals surface area contributed by atoms with Crippen LogP contribution in [-0.4, -0.2) is 15.6 Å². The van der Waals surface area contributed by atoms with Crippen molar-refractivity contribution in [2.75, 3.05) is 0 Å². The minimum absolute atomic E-state index is 0.0806. The summed E-state index contributed by atoms with van der Waals surface area (Å²) in [5.41, 5.74) is 0.683.